The Morgan fingerprint density at radius 2 is 1.96 bits per heavy atom. The van der Waals surface area contributed by atoms with E-state index in [0.29, 0.717) is 29.5 Å². The summed E-state index contributed by atoms with van der Waals surface area (Å²) in [4.78, 5) is 16.6. The molecule has 2 unspecified atom stereocenters. The number of hydrogen-bond donors (Lipinski definition) is 2. The predicted molar refractivity (Wildman–Crippen MR) is 107 cm³/mol. The lowest BCUT2D eigenvalue weighted by molar-refractivity contribution is -0.0371. The Labute approximate surface area is 170 Å². The Morgan fingerprint density at radius 3 is 2.64 bits per heavy atom. The number of aliphatic hydroxyl groups excluding tert-OH is 1. The van der Waals surface area contributed by atoms with Crippen LogP contribution >= 0.6 is 11.6 Å². The summed E-state index contributed by atoms with van der Waals surface area (Å²) in [6, 6.07) is 12.6. The number of nitrogens with one attached hydrogen (secondary N) is 1. The number of halogens is 1. The third-order valence-electron chi connectivity index (χ3n) is 5.65. The lowest BCUT2D eigenvalue weighted by Gasteiger charge is -2.39. The molecule has 2 fully saturated rings. The van der Waals surface area contributed by atoms with Gasteiger partial charge in [-0.1, -0.05) is 29.8 Å². The summed E-state index contributed by atoms with van der Waals surface area (Å²) in [6.07, 6.45) is 4.43. The molecule has 1 aromatic heterocycles. The van der Waals surface area contributed by atoms with Gasteiger partial charge in [0, 0.05) is 23.7 Å². The minimum Gasteiger partial charge on any atom is -0.391 e. The molecule has 2 aliphatic carbocycles. The fraction of sp³-hybridized carbons (Fsp3) is 0.455. The molecule has 4 atom stereocenters. The van der Waals surface area contributed by atoms with Crippen LogP contribution in [0.25, 0.3) is 0 Å². The lowest BCUT2D eigenvalue weighted by Crippen LogP contribution is -2.51. The summed E-state index contributed by atoms with van der Waals surface area (Å²) in [5, 5.41) is 14.4. The molecule has 5 nitrogen and oxygen atoms in total. The van der Waals surface area contributed by atoms with Gasteiger partial charge in [0.25, 0.3) is 5.91 Å². The highest BCUT2D eigenvalue weighted by atomic mass is 35.5. The molecule has 4 rings (SSSR count). The number of ether oxygens (including phenoxy) is 1. The summed E-state index contributed by atoms with van der Waals surface area (Å²) in [6.45, 7) is 0.742. The van der Waals surface area contributed by atoms with Gasteiger partial charge in [-0.2, -0.15) is 0 Å². The van der Waals surface area contributed by atoms with E-state index in [0.717, 1.165) is 12.2 Å². The van der Waals surface area contributed by atoms with Gasteiger partial charge in [-0.3, -0.25) is 9.78 Å². The monoisotopic (exact) mass is 400 g/mol. The highest BCUT2D eigenvalue weighted by Crippen LogP contribution is 2.38. The molecule has 2 aliphatic rings. The Balaban J connectivity index is 1.48. The zero-order chi connectivity index (χ0) is 19.5. The standard InChI is InChI=1S/C22H25ClN2O3/c23-16-8-6-15(7-9-16)17-11-20(26)19(12-21(17)28-13-14-4-5-14)25-22(27)18-3-1-2-10-24-18/h1-3,6-10,14,17,19-21,26H,4-5,11-13H2,(H,25,27)/t17?,19-,20+,21?/m0/s1. The molecule has 0 bridgehead atoms. The van der Waals surface area contributed by atoms with Gasteiger partial charge in [0.2, 0.25) is 0 Å². The van der Waals surface area contributed by atoms with Gasteiger partial charge in [-0.15, -0.1) is 0 Å². The number of pyridine rings is 1. The van der Waals surface area contributed by atoms with Crippen molar-refractivity contribution in [2.24, 2.45) is 5.92 Å². The van der Waals surface area contributed by atoms with Crippen LogP contribution in [0.5, 0.6) is 0 Å². The van der Waals surface area contributed by atoms with Crippen LogP contribution in [0.2, 0.25) is 5.02 Å². The number of benzene rings is 1. The van der Waals surface area contributed by atoms with E-state index in [9.17, 15) is 9.90 Å². The summed E-state index contributed by atoms with van der Waals surface area (Å²) in [5.41, 5.74) is 1.46. The second kappa shape index (κ2) is 8.60. The van der Waals surface area contributed by atoms with Crippen LogP contribution in [0.3, 0.4) is 0 Å². The molecule has 2 N–H and O–H groups in total. The van der Waals surface area contributed by atoms with Gasteiger partial charge in [0.05, 0.1) is 18.2 Å². The van der Waals surface area contributed by atoms with E-state index in [-0.39, 0.29) is 24.0 Å². The Morgan fingerprint density at radius 1 is 1.18 bits per heavy atom. The molecule has 1 aromatic carbocycles. The number of aromatic nitrogens is 1. The minimum atomic E-state index is -0.644. The summed E-state index contributed by atoms with van der Waals surface area (Å²) < 4.78 is 6.26. The second-order valence-corrected chi connectivity index (χ2v) is 8.24. The largest absolute Gasteiger partial charge is 0.391 e. The van der Waals surface area contributed by atoms with Gasteiger partial charge >= 0.3 is 0 Å². The van der Waals surface area contributed by atoms with Crippen LogP contribution in [0.15, 0.2) is 48.7 Å². The fourth-order valence-electron chi connectivity index (χ4n) is 3.83. The first-order valence-corrected chi connectivity index (χ1v) is 10.2. The Hall–Kier alpha value is -1.95. The highest BCUT2D eigenvalue weighted by Gasteiger charge is 2.39. The van der Waals surface area contributed by atoms with Crippen molar-refractivity contribution in [3.05, 3.63) is 64.9 Å². The number of nitrogens with zero attached hydrogens (tertiary/aromatic N) is 1. The number of aliphatic hydroxyl groups is 1. The van der Waals surface area contributed by atoms with Crippen molar-refractivity contribution in [2.75, 3.05) is 6.61 Å². The van der Waals surface area contributed by atoms with E-state index >= 15 is 0 Å². The fourth-order valence-corrected chi connectivity index (χ4v) is 3.96. The molecular formula is C22H25ClN2O3. The van der Waals surface area contributed by atoms with Crippen molar-refractivity contribution in [3.8, 4) is 0 Å². The van der Waals surface area contributed by atoms with Crippen molar-refractivity contribution >= 4 is 17.5 Å². The van der Waals surface area contributed by atoms with Crippen LogP contribution in [0.4, 0.5) is 0 Å². The Bertz CT molecular complexity index is 795. The molecule has 2 saturated carbocycles. The quantitative estimate of drug-likeness (QED) is 0.777. The van der Waals surface area contributed by atoms with Crippen molar-refractivity contribution in [2.45, 2.75) is 49.9 Å². The molecule has 0 radical (unpaired) electrons. The number of hydrogen-bond acceptors (Lipinski definition) is 4. The molecule has 1 amide bonds. The second-order valence-electron chi connectivity index (χ2n) is 7.81. The molecular weight excluding hydrogens is 376 g/mol. The third-order valence-corrected chi connectivity index (χ3v) is 5.90. The molecule has 1 heterocycles. The van der Waals surface area contributed by atoms with Gasteiger partial charge in [0.1, 0.15) is 5.69 Å². The van der Waals surface area contributed by atoms with Crippen molar-refractivity contribution in [1.29, 1.82) is 0 Å². The number of rotatable bonds is 6. The molecule has 6 heteroatoms. The van der Waals surface area contributed by atoms with Crippen LogP contribution in [-0.4, -0.2) is 40.9 Å². The van der Waals surface area contributed by atoms with Crippen molar-refractivity contribution in [1.82, 2.24) is 10.3 Å². The van der Waals surface area contributed by atoms with E-state index in [1.165, 1.54) is 12.8 Å². The van der Waals surface area contributed by atoms with Crippen molar-refractivity contribution in [3.63, 3.8) is 0 Å². The summed E-state index contributed by atoms with van der Waals surface area (Å²) in [5.74, 6) is 0.462. The molecule has 28 heavy (non-hydrogen) atoms. The number of carbonyl (C=O) groups is 1. The van der Waals surface area contributed by atoms with Gasteiger partial charge < -0.3 is 15.2 Å². The minimum absolute atomic E-state index is 0.0563. The van der Waals surface area contributed by atoms with Crippen molar-refractivity contribution < 1.29 is 14.6 Å². The maximum atomic E-state index is 12.5. The van der Waals surface area contributed by atoms with Crippen LogP contribution in [-0.2, 0) is 4.74 Å². The average Bonchev–Trinajstić information content (AvgIpc) is 3.54. The predicted octanol–water partition coefficient (Wildman–Crippen LogP) is 3.57. The Kier molecular flexibility index (Phi) is 5.95. The van der Waals surface area contributed by atoms with E-state index in [4.69, 9.17) is 16.3 Å². The van der Waals surface area contributed by atoms with Gasteiger partial charge in [-0.25, -0.2) is 0 Å². The first kappa shape index (κ1) is 19.4. The lowest BCUT2D eigenvalue weighted by atomic mass is 9.77. The maximum absolute atomic E-state index is 12.5. The van der Waals surface area contributed by atoms with E-state index in [1.54, 1.807) is 24.4 Å². The SMILES string of the molecule is O=C(N[C@H]1CC(OCC2CC2)C(c2ccc(Cl)cc2)C[C@H]1O)c1ccccn1. The zero-order valence-electron chi connectivity index (χ0n) is 15.6. The zero-order valence-corrected chi connectivity index (χ0v) is 16.4. The van der Waals surface area contributed by atoms with E-state index < -0.39 is 6.10 Å². The highest BCUT2D eigenvalue weighted by molar-refractivity contribution is 6.30. The first-order valence-electron chi connectivity index (χ1n) is 9.87. The maximum Gasteiger partial charge on any atom is 0.270 e. The average molecular weight is 401 g/mol. The molecule has 0 aliphatic heterocycles. The summed E-state index contributed by atoms with van der Waals surface area (Å²) >= 11 is 6.03. The van der Waals surface area contributed by atoms with Gasteiger partial charge in [0.15, 0.2) is 0 Å². The van der Waals surface area contributed by atoms with E-state index in [2.05, 4.69) is 10.3 Å². The normalized spacial score (nSPS) is 27.4. The smallest absolute Gasteiger partial charge is 0.270 e. The van der Waals surface area contributed by atoms with E-state index in [1.807, 2.05) is 24.3 Å². The number of carbonyl (C=O) groups excluding carboxylic acids is 1. The first-order chi connectivity index (χ1) is 13.6. The van der Waals surface area contributed by atoms with Gasteiger partial charge in [-0.05, 0) is 61.4 Å². The van der Waals surface area contributed by atoms with Crippen LogP contribution in [0, 0.1) is 5.92 Å². The number of amides is 1. The topological polar surface area (TPSA) is 71.5 Å². The third kappa shape index (κ3) is 4.72. The van der Waals surface area contributed by atoms with Crippen LogP contribution in [0.1, 0.15) is 47.7 Å². The molecule has 2 aromatic rings. The molecule has 148 valence electrons. The summed E-state index contributed by atoms with van der Waals surface area (Å²) in [7, 11) is 0. The molecule has 0 saturated heterocycles. The van der Waals surface area contributed by atoms with Crippen LogP contribution < -0.4 is 5.32 Å². The molecule has 0 spiro atoms.